The average molecular weight is 210 g/mol. The van der Waals surface area contributed by atoms with Crippen molar-refractivity contribution in [3.63, 3.8) is 0 Å². The molecular weight excluding hydrogens is 184 g/mol. The van der Waals surface area contributed by atoms with Crippen LogP contribution in [0.15, 0.2) is 0 Å². The second-order valence-electron chi connectivity index (χ2n) is 6.04. The van der Waals surface area contributed by atoms with Gasteiger partial charge in [-0.25, -0.2) is 0 Å². The number of nitrogens with two attached hydrogens (primary N) is 1. The van der Waals surface area contributed by atoms with Crippen molar-refractivity contribution in [3.05, 3.63) is 0 Å². The van der Waals surface area contributed by atoms with Gasteiger partial charge in [-0.05, 0) is 58.5 Å². The molecule has 0 radical (unpaired) electrons. The maximum absolute atomic E-state index is 5.80. The van der Waals surface area contributed by atoms with Crippen molar-refractivity contribution in [1.29, 1.82) is 0 Å². The molecule has 1 atom stereocenters. The van der Waals surface area contributed by atoms with Crippen molar-refractivity contribution in [2.45, 2.75) is 64.0 Å². The lowest BCUT2D eigenvalue weighted by Gasteiger charge is -2.48. The fraction of sp³-hybridized carbons (Fsp3) is 1.00. The Morgan fingerprint density at radius 1 is 1.20 bits per heavy atom. The van der Waals surface area contributed by atoms with Crippen molar-refractivity contribution in [2.75, 3.05) is 13.1 Å². The predicted molar refractivity (Wildman–Crippen MR) is 64.8 cm³/mol. The lowest BCUT2D eigenvalue weighted by molar-refractivity contribution is 0.0129. The van der Waals surface area contributed by atoms with Crippen molar-refractivity contribution >= 4 is 0 Å². The summed E-state index contributed by atoms with van der Waals surface area (Å²) in [7, 11) is 0. The molecule has 88 valence electrons. The maximum Gasteiger partial charge on any atom is 0.0159 e. The molecule has 0 amide bonds. The van der Waals surface area contributed by atoms with Crippen molar-refractivity contribution in [3.8, 4) is 0 Å². The Labute approximate surface area is 94.2 Å². The molecule has 0 bridgehead atoms. The highest BCUT2D eigenvalue weighted by molar-refractivity contribution is 4.94. The first kappa shape index (κ1) is 11.4. The lowest BCUT2D eigenvalue weighted by Crippen LogP contribution is -2.54. The summed E-state index contributed by atoms with van der Waals surface area (Å²) in [5.41, 5.74) is 6.19. The molecule has 0 aromatic carbocycles. The number of hydrogen-bond donors (Lipinski definition) is 1. The summed E-state index contributed by atoms with van der Waals surface area (Å²) in [6.07, 6.45) is 8.35. The molecule has 1 heterocycles. The summed E-state index contributed by atoms with van der Waals surface area (Å²) >= 11 is 0. The minimum atomic E-state index is 0.386. The van der Waals surface area contributed by atoms with Gasteiger partial charge in [-0.15, -0.1) is 0 Å². The van der Waals surface area contributed by atoms with Crippen LogP contribution >= 0.6 is 0 Å². The van der Waals surface area contributed by atoms with E-state index < -0.39 is 0 Å². The molecule has 2 fully saturated rings. The van der Waals surface area contributed by atoms with Crippen LogP contribution < -0.4 is 5.73 Å². The van der Waals surface area contributed by atoms with E-state index in [2.05, 4.69) is 18.7 Å². The van der Waals surface area contributed by atoms with E-state index >= 15 is 0 Å². The van der Waals surface area contributed by atoms with E-state index in [0.29, 0.717) is 5.54 Å². The average Bonchev–Trinajstić information content (AvgIpc) is 2.69. The van der Waals surface area contributed by atoms with Gasteiger partial charge in [-0.2, -0.15) is 0 Å². The van der Waals surface area contributed by atoms with Crippen LogP contribution in [-0.4, -0.2) is 29.6 Å². The minimum absolute atomic E-state index is 0.386. The van der Waals surface area contributed by atoms with Crippen LogP contribution in [0.3, 0.4) is 0 Å². The van der Waals surface area contributed by atoms with Crippen molar-refractivity contribution in [1.82, 2.24) is 4.90 Å². The van der Waals surface area contributed by atoms with Crippen LogP contribution in [0.1, 0.15) is 52.4 Å². The summed E-state index contributed by atoms with van der Waals surface area (Å²) in [6, 6.07) is 0.874. The van der Waals surface area contributed by atoms with Gasteiger partial charge in [-0.1, -0.05) is 12.8 Å². The van der Waals surface area contributed by atoms with Gasteiger partial charge < -0.3 is 5.73 Å². The maximum atomic E-state index is 5.80. The van der Waals surface area contributed by atoms with Crippen LogP contribution in [0, 0.1) is 5.92 Å². The normalized spacial score (nSPS) is 33.4. The van der Waals surface area contributed by atoms with E-state index in [1.54, 1.807) is 0 Å². The zero-order chi connectivity index (χ0) is 10.9. The molecule has 1 aliphatic heterocycles. The highest BCUT2D eigenvalue weighted by Crippen LogP contribution is 2.36. The fourth-order valence-electron chi connectivity index (χ4n) is 3.64. The molecule has 1 saturated heterocycles. The van der Waals surface area contributed by atoms with Gasteiger partial charge in [0.1, 0.15) is 0 Å². The molecule has 0 aromatic heterocycles. The van der Waals surface area contributed by atoms with E-state index in [1.807, 2.05) is 0 Å². The van der Waals surface area contributed by atoms with E-state index in [-0.39, 0.29) is 0 Å². The molecule has 2 N–H and O–H groups in total. The Morgan fingerprint density at radius 2 is 1.87 bits per heavy atom. The van der Waals surface area contributed by atoms with E-state index in [0.717, 1.165) is 18.5 Å². The summed E-state index contributed by atoms with van der Waals surface area (Å²) < 4.78 is 0. The first-order valence-electron chi connectivity index (χ1n) is 6.60. The largest absolute Gasteiger partial charge is 0.330 e. The van der Waals surface area contributed by atoms with Crippen LogP contribution in [0.5, 0.6) is 0 Å². The monoisotopic (exact) mass is 210 g/mol. The quantitative estimate of drug-likeness (QED) is 0.758. The molecule has 2 aliphatic rings. The number of nitrogens with zero attached hydrogens (tertiary/aromatic N) is 1. The van der Waals surface area contributed by atoms with Gasteiger partial charge in [0.25, 0.3) is 0 Å². The highest BCUT2D eigenvalue weighted by atomic mass is 15.2. The standard InChI is InChI=1S/C13H26N2/c1-13(2)9-11(10-14)7-8-15(13)12-5-3-4-6-12/h11-12H,3-10,14H2,1-2H3. The van der Waals surface area contributed by atoms with Gasteiger partial charge >= 0.3 is 0 Å². The predicted octanol–water partition coefficient (Wildman–Crippen LogP) is 2.38. The topological polar surface area (TPSA) is 29.3 Å². The first-order valence-corrected chi connectivity index (χ1v) is 6.60. The van der Waals surface area contributed by atoms with Gasteiger partial charge in [0.05, 0.1) is 0 Å². The number of piperidine rings is 1. The molecule has 1 aliphatic carbocycles. The minimum Gasteiger partial charge on any atom is -0.330 e. The second-order valence-corrected chi connectivity index (χ2v) is 6.04. The molecule has 15 heavy (non-hydrogen) atoms. The van der Waals surface area contributed by atoms with E-state index in [4.69, 9.17) is 5.73 Å². The van der Waals surface area contributed by atoms with Crippen molar-refractivity contribution in [2.24, 2.45) is 11.7 Å². The van der Waals surface area contributed by atoms with Crippen LogP contribution in [0.4, 0.5) is 0 Å². The fourth-order valence-corrected chi connectivity index (χ4v) is 3.64. The molecule has 1 unspecified atom stereocenters. The van der Waals surface area contributed by atoms with Crippen LogP contribution in [-0.2, 0) is 0 Å². The molecule has 2 nitrogen and oxygen atoms in total. The van der Waals surface area contributed by atoms with Crippen LogP contribution in [0.25, 0.3) is 0 Å². The molecule has 1 saturated carbocycles. The number of likely N-dealkylation sites (tertiary alicyclic amines) is 1. The lowest BCUT2D eigenvalue weighted by atomic mass is 9.81. The second kappa shape index (κ2) is 4.42. The zero-order valence-corrected chi connectivity index (χ0v) is 10.3. The number of hydrogen-bond acceptors (Lipinski definition) is 2. The van der Waals surface area contributed by atoms with Gasteiger partial charge in [0.2, 0.25) is 0 Å². The van der Waals surface area contributed by atoms with E-state index in [9.17, 15) is 0 Å². The Hall–Kier alpha value is -0.0800. The SMILES string of the molecule is CC1(C)CC(CN)CCN1C1CCCC1. The smallest absolute Gasteiger partial charge is 0.0159 e. The van der Waals surface area contributed by atoms with Gasteiger partial charge in [0, 0.05) is 11.6 Å². The third kappa shape index (κ3) is 2.36. The van der Waals surface area contributed by atoms with Crippen LogP contribution in [0.2, 0.25) is 0 Å². The third-order valence-electron chi connectivity index (χ3n) is 4.44. The molecule has 2 rings (SSSR count). The number of rotatable bonds is 2. The Bertz CT molecular complexity index is 207. The molecular formula is C13H26N2. The zero-order valence-electron chi connectivity index (χ0n) is 10.3. The summed E-state index contributed by atoms with van der Waals surface area (Å²) in [6.45, 7) is 6.97. The molecule has 0 aromatic rings. The summed E-state index contributed by atoms with van der Waals surface area (Å²) in [5.74, 6) is 0.762. The summed E-state index contributed by atoms with van der Waals surface area (Å²) in [4.78, 5) is 2.77. The van der Waals surface area contributed by atoms with E-state index in [1.165, 1.54) is 45.1 Å². The van der Waals surface area contributed by atoms with Crippen molar-refractivity contribution < 1.29 is 0 Å². The Kier molecular flexibility index (Phi) is 3.36. The third-order valence-corrected chi connectivity index (χ3v) is 4.44. The van der Waals surface area contributed by atoms with Gasteiger partial charge in [-0.3, -0.25) is 4.90 Å². The molecule has 0 spiro atoms. The summed E-state index contributed by atoms with van der Waals surface area (Å²) in [5, 5.41) is 0. The molecule has 2 heteroatoms. The Balaban J connectivity index is 2.00. The van der Waals surface area contributed by atoms with Gasteiger partial charge in [0.15, 0.2) is 0 Å². The highest BCUT2D eigenvalue weighted by Gasteiger charge is 2.38. The Morgan fingerprint density at radius 3 is 2.40 bits per heavy atom. The first-order chi connectivity index (χ1) is 7.13.